The molecule has 0 saturated heterocycles. The molecule has 0 saturated carbocycles. The molecule has 0 aliphatic rings. The molecule has 0 fully saturated rings. The van der Waals surface area contributed by atoms with Crippen molar-refractivity contribution in [3.05, 3.63) is 88.9 Å². The lowest BCUT2D eigenvalue weighted by Gasteiger charge is -2.13. The van der Waals surface area contributed by atoms with Crippen molar-refractivity contribution >= 4 is 11.6 Å². The Morgan fingerprint density at radius 1 is 0.870 bits per heavy atom. The molecule has 0 amide bonds. The first-order valence-corrected chi connectivity index (χ1v) is 7.61. The largest absolute Gasteiger partial charge is 0.488 e. The molecule has 0 aliphatic heterocycles. The fourth-order valence-electron chi connectivity index (χ4n) is 2.35. The number of nitrogens with zero attached hydrogens (tertiary/aromatic N) is 1. The predicted molar refractivity (Wildman–Crippen MR) is 92.4 cm³/mol. The van der Waals surface area contributed by atoms with Crippen molar-refractivity contribution in [2.75, 3.05) is 0 Å². The van der Waals surface area contributed by atoms with Gasteiger partial charge in [0.05, 0.1) is 11.6 Å². The summed E-state index contributed by atoms with van der Waals surface area (Å²) in [6.45, 7) is 0.480. The summed E-state index contributed by atoms with van der Waals surface area (Å²) >= 11 is 6.31. The first kappa shape index (κ1) is 15.1. The van der Waals surface area contributed by atoms with Gasteiger partial charge in [0.15, 0.2) is 0 Å². The van der Waals surface area contributed by atoms with Gasteiger partial charge in [0.25, 0.3) is 0 Å². The van der Waals surface area contributed by atoms with E-state index in [9.17, 15) is 0 Å². The fraction of sp³-hybridized carbons (Fsp3) is 0.0500. The molecule has 3 aromatic carbocycles. The Morgan fingerprint density at radius 2 is 1.61 bits per heavy atom. The second-order valence-corrected chi connectivity index (χ2v) is 5.48. The molecule has 3 rings (SSSR count). The third-order valence-electron chi connectivity index (χ3n) is 3.51. The van der Waals surface area contributed by atoms with Crippen LogP contribution in [-0.4, -0.2) is 0 Å². The van der Waals surface area contributed by atoms with Crippen LogP contribution in [0.3, 0.4) is 0 Å². The maximum absolute atomic E-state index is 9.10. The maximum Gasteiger partial charge on any atom is 0.127 e. The minimum atomic E-state index is 0.480. The molecule has 2 nitrogen and oxygen atoms in total. The van der Waals surface area contributed by atoms with E-state index in [-0.39, 0.29) is 0 Å². The first-order chi connectivity index (χ1) is 11.3. The Balaban J connectivity index is 1.94. The summed E-state index contributed by atoms with van der Waals surface area (Å²) in [5.74, 6) is 0.744. The Morgan fingerprint density at radius 3 is 2.39 bits per heavy atom. The molecular weight excluding hydrogens is 306 g/mol. The second-order valence-electron chi connectivity index (χ2n) is 5.08. The van der Waals surface area contributed by atoms with E-state index >= 15 is 0 Å². The van der Waals surface area contributed by atoms with Gasteiger partial charge in [-0.2, -0.15) is 5.26 Å². The number of hydrogen-bond donors (Lipinski definition) is 0. The van der Waals surface area contributed by atoms with Gasteiger partial charge >= 0.3 is 0 Å². The summed E-state index contributed by atoms with van der Waals surface area (Å²) in [6, 6.07) is 25.1. The Hall–Kier alpha value is -2.76. The van der Waals surface area contributed by atoms with Crippen LogP contribution in [0.1, 0.15) is 11.1 Å². The van der Waals surface area contributed by atoms with Crippen molar-refractivity contribution in [3.8, 4) is 22.9 Å². The van der Waals surface area contributed by atoms with Crippen LogP contribution in [-0.2, 0) is 6.61 Å². The standard InChI is InChI=1S/C20H14ClNO/c21-19-11-10-16(13-22)12-18(19)17-8-4-5-9-20(17)23-14-15-6-2-1-3-7-15/h1-12H,14H2. The van der Waals surface area contributed by atoms with Crippen LogP contribution in [0.5, 0.6) is 5.75 Å². The first-order valence-electron chi connectivity index (χ1n) is 7.24. The van der Waals surface area contributed by atoms with Gasteiger partial charge in [0, 0.05) is 16.1 Å². The highest BCUT2D eigenvalue weighted by Crippen LogP contribution is 2.35. The van der Waals surface area contributed by atoms with Crippen LogP contribution >= 0.6 is 11.6 Å². The van der Waals surface area contributed by atoms with Gasteiger partial charge in [-0.25, -0.2) is 0 Å². The molecule has 0 aromatic heterocycles. The summed E-state index contributed by atoms with van der Waals surface area (Å²) in [7, 11) is 0. The van der Waals surface area contributed by atoms with Crippen molar-refractivity contribution in [1.29, 1.82) is 5.26 Å². The van der Waals surface area contributed by atoms with Crippen molar-refractivity contribution in [3.63, 3.8) is 0 Å². The number of hydrogen-bond acceptors (Lipinski definition) is 2. The number of benzene rings is 3. The zero-order valence-electron chi connectivity index (χ0n) is 12.4. The average Bonchev–Trinajstić information content (AvgIpc) is 2.62. The van der Waals surface area contributed by atoms with Gasteiger partial charge in [-0.1, -0.05) is 60.1 Å². The zero-order chi connectivity index (χ0) is 16.1. The summed E-state index contributed by atoms with van der Waals surface area (Å²) < 4.78 is 5.96. The number of rotatable bonds is 4. The molecular formula is C20H14ClNO. The highest BCUT2D eigenvalue weighted by molar-refractivity contribution is 6.33. The van der Waals surface area contributed by atoms with Gasteiger partial charge in [0.2, 0.25) is 0 Å². The molecule has 0 heterocycles. The minimum Gasteiger partial charge on any atom is -0.488 e. The molecule has 23 heavy (non-hydrogen) atoms. The van der Waals surface area contributed by atoms with E-state index in [1.807, 2.05) is 54.6 Å². The summed E-state index contributed by atoms with van der Waals surface area (Å²) in [4.78, 5) is 0. The molecule has 3 heteroatoms. The zero-order valence-corrected chi connectivity index (χ0v) is 13.1. The van der Waals surface area contributed by atoms with Crippen LogP contribution in [0, 0.1) is 11.3 Å². The van der Waals surface area contributed by atoms with E-state index in [4.69, 9.17) is 21.6 Å². The van der Waals surface area contributed by atoms with E-state index < -0.39 is 0 Å². The number of halogens is 1. The molecule has 0 radical (unpaired) electrons. The molecule has 0 spiro atoms. The van der Waals surface area contributed by atoms with E-state index in [0.29, 0.717) is 17.2 Å². The lowest BCUT2D eigenvalue weighted by molar-refractivity contribution is 0.307. The van der Waals surface area contributed by atoms with Gasteiger partial charge in [0.1, 0.15) is 12.4 Å². The third-order valence-corrected chi connectivity index (χ3v) is 3.84. The van der Waals surface area contributed by atoms with Gasteiger partial charge in [-0.15, -0.1) is 0 Å². The molecule has 112 valence electrons. The van der Waals surface area contributed by atoms with Gasteiger partial charge < -0.3 is 4.74 Å². The third kappa shape index (κ3) is 3.53. The van der Waals surface area contributed by atoms with Crippen LogP contribution in [0.2, 0.25) is 5.02 Å². The van der Waals surface area contributed by atoms with Crippen molar-refractivity contribution < 1.29 is 4.74 Å². The van der Waals surface area contributed by atoms with Gasteiger partial charge in [-0.05, 0) is 29.8 Å². The minimum absolute atomic E-state index is 0.480. The number of para-hydroxylation sites is 1. The maximum atomic E-state index is 9.10. The molecule has 3 aromatic rings. The predicted octanol–water partition coefficient (Wildman–Crippen LogP) is 5.46. The van der Waals surface area contributed by atoms with Crippen molar-refractivity contribution in [1.82, 2.24) is 0 Å². The monoisotopic (exact) mass is 319 g/mol. The molecule has 0 aliphatic carbocycles. The summed E-state index contributed by atoms with van der Waals surface area (Å²) in [5, 5.41) is 9.69. The van der Waals surface area contributed by atoms with Gasteiger partial charge in [-0.3, -0.25) is 0 Å². The van der Waals surface area contributed by atoms with Crippen molar-refractivity contribution in [2.45, 2.75) is 6.61 Å². The lowest BCUT2D eigenvalue weighted by atomic mass is 10.0. The Labute approximate surface area is 140 Å². The smallest absolute Gasteiger partial charge is 0.127 e. The topological polar surface area (TPSA) is 33.0 Å². The molecule has 0 atom stereocenters. The number of ether oxygens (including phenoxy) is 1. The van der Waals surface area contributed by atoms with E-state index in [0.717, 1.165) is 22.4 Å². The van der Waals surface area contributed by atoms with Crippen LogP contribution in [0.25, 0.3) is 11.1 Å². The van der Waals surface area contributed by atoms with Crippen LogP contribution in [0.4, 0.5) is 0 Å². The SMILES string of the molecule is N#Cc1ccc(Cl)c(-c2ccccc2OCc2ccccc2)c1. The molecule has 0 bridgehead atoms. The lowest BCUT2D eigenvalue weighted by Crippen LogP contribution is -1.97. The highest BCUT2D eigenvalue weighted by atomic mass is 35.5. The summed E-state index contributed by atoms with van der Waals surface area (Å²) in [5.41, 5.74) is 3.35. The number of nitriles is 1. The molecule has 0 unspecified atom stereocenters. The van der Waals surface area contributed by atoms with E-state index in [1.165, 1.54) is 0 Å². The van der Waals surface area contributed by atoms with Crippen molar-refractivity contribution in [2.24, 2.45) is 0 Å². The Bertz CT molecular complexity index is 853. The van der Waals surface area contributed by atoms with E-state index in [1.54, 1.807) is 18.2 Å². The normalized spacial score (nSPS) is 10.1. The van der Waals surface area contributed by atoms with Crippen LogP contribution in [0.15, 0.2) is 72.8 Å². The summed E-state index contributed by atoms with van der Waals surface area (Å²) in [6.07, 6.45) is 0. The highest BCUT2D eigenvalue weighted by Gasteiger charge is 2.10. The second kappa shape index (κ2) is 7.00. The molecule has 0 N–H and O–H groups in total. The van der Waals surface area contributed by atoms with Crippen LogP contribution < -0.4 is 4.74 Å². The fourth-order valence-corrected chi connectivity index (χ4v) is 2.57. The quantitative estimate of drug-likeness (QED) is 0.640. The average molecular weight is 320 g/mol. The van der Waals surface area contributed by atoms with E-state index in [2.05, 4.69) is 6.07 Å². The Kier molecular flexibility index (Phi) is 4.61.